The maximum absolute atomic E-state index is 12.4. The third kappa shape index (κ3) is 4.45. The molecule has 1 rings (SSSR count). The molecule has 0 unspecified atom stereocenters. The van der Waals surface area contributed by atoms with Crippen molar-refractivity contribution in [1.82, 2.24) is 14.2 Å². The molecule has 0 aromatic carbocycles. The molecule has 19 heavy (non-hydrogen) atoms. The van der Waals surface area contributed by atoms with Gasteiger partial charge in [0.15, 0.2) is 0 Å². The molecule has 2 N–H and O–H groups in total. The Bertz CT molecular complexity index is 502. The van der Waals surface area contributed by atoms with Gasteiger partial charge >= 0.3 is 0 Å². The van der Waals surface area contributed by atoms with E-state index in [-0.39, 0.29) is 10.7 Å². The summed E-state index contributed by atoms with van der Waals surface area (Å²) in [5.41, 5.74) is 5.54. The Labute approximate surface area is 115 Å². The Morgan fingerprint density at radius 2 is 2.00 bits per heavy atom. The summed E-state index contributed by atoms with van der Waals surface area (Å²) in [5.74, 6) is 0.213. The van der Waals surface area contributed by atoms with Crippen LogP contribution in [0.3, 0.4) is 0 Å². The first-order chi connectivity index (χ1) is 8.87. The summed E-state index contributed by atoms with van der Waals surface area (Å²) in [4.78, 5) is 6.05. The third-order valence-corrected chi connectivity index (χ3v) is 4.73. The van der Waals surface area contributed by atoms with Crippen molar-refractivity contribution in [3.8, 4) is 0 Å². The fourth-order valence-electron chi connectivity index (χ4n) is 1.75. The molecule has 0 saturated heterocycles. The van der Waals surface area contributed by atoms with Crippen molar-refractivity contribution in [1.29, 1.82) is 0 Å². The number of anilines is 1. The van der Waals surface area contributed by atoms with Crippen LogP contribution in [0, 0.1) is 0 Å². The van der Waals surface area contributed by atoms with E-state index in [1.54, 1.807) is 0 Å². The van der Waals surface area contributed by atoms with Crippen molar-refractivity contribution in [3.05, 3.63) is 18.3 Å². The normalized spacial score (nSPS) is 12.3. The van der Waals surface area contributed by atoms with Gasteiger partial charge in [0.1, 0.15) is 5.82 Å². The zero-order valence-corrected chi connectivity index (χ0v) is 12.5. The van der Waals surface area contributed by atoms with Crippen molar-refractivity contribution in [2.75, 3.05) is 39.5 Å². The van der Waals surface area contributed by atoms with Crippen LogP contribution in [0.2, 0.25) is 0 Å². The average Bonchev–Trinajstić information content (AvgIpc) is 2.34. The van der Waals surface area contributed by atoms with Crippen LogP contribution in [0.1, 0.15) is 13.3 Å². The number of rotatable bonds is 7. The van der Waals surface area contributed by atoms with Crippen molar-refractivity contribution >= 4 is 15.8 Å². The topological polar surface area (TPSA) is 79.5 Å². The summed E-state index contributed by atoms with van der Waals surface area (Å²) < 4.78 is 26.3. The summed E-state index contributed by atoms with van der Waals surface area (Å²) in [6.07, 6.45) is 2.20. The summed E-state index contributed by atoms with van der Waals surface area (Å²) in [6.45, 7) is 3.62. The lowest BCUT2D eigenvalue weighted by Gasteiger charge is -2.21. The molecular formula is C12H22N4O2S. The molecule has 0 aliphatic heterocycles. The third-order valence-electron chi connectivity index (χ3n) is 2.76. The van der Waals surface area contributed by atoms with E-state index in [4.69, 9.17) is 5.73 Å². The van der Waals surface area contributed by atoms with Gasteiger partial charge in [-0.3, -0.25) is 0 Å². The van der Waals surface area contributed by atoms with E-state index in [0.29, 0.717) is 13.1 Å². The van der Waals surface area contributed by atoms with Crippen LogP contribution in [0.4, 0.5) is 5.82 Å². The van der Waals surface area contributed by atoms with Gasteiger partial charge in [-0.2, -0.15) is 4.31 Å². The molecule has 0 aliphatic rings. The number of nitrogens with two attached hydrogens (primary N) is 1. The van der Waals surface area contributed by atoms with Crippen molar-refractivity contribution in [3.63, 3.8) is 0 Å². The highest BCUT2D eigenvalue weighted by Gasteiger charge is 2.22. The van der Waals surface area contributed by atoms with Gasteiger partial charge in [0, 0.05) is 25.4 Å². The van der Waals surface area contributed by atoms with Gasteiger partial charge in [0.25, 0.3) is 0 Å². The van der Waals surface area contributed by atoms with E-state index in [1.165, 1.54) is 22.6 Å². The maximum Gasteiger partial charge on any atom is 0.243 e. The van der Waals surface area contributed by atoms with Gasteiger partial charge in [-0.15, -0.1) is 0 Å². The number of hydrogen-bond acceptors (Lipinski definition) is 5. The van der Waals surface area contributed by atoms with Crippen LogP contribution in [0.15, 0.2) is 23.2 Å². The SMILES string of the molecule is CCN(CCCN(C)C)S(=O)(=O)c1ccnc(N)c1. The Hall–Kier alpha value is -1.18. The zero-order chi connectivity index (χ0) is 14.5. The minimum Gasteiger partial charge on any atom is -0.384 e. The quantitative estimate of drug-likeness (QED) is 0.795. The molecule has 1 aromatic heterocycles. The molecule has 0 spiro atoms. The Morgan fingerprint density at radius 1 is 1.32 bits per heavy atom. The van der Waals surface area contributed by atoms with Crippen LogP contribution < -0.4 is 5.73 Å². The minimum atomic E-state index is -3.48. The van der Waals surface area contributed by atoms with E-state index in [1.807, 2.05) is 25.9 Å². The maximum atomic E-state index is 12.4. The largest absolute Gasteiger partial charge is 0.384 e. The summed E-state index contributed by atoms with van der Waals surface area (Å²) in [6, 6.07) is 2.87. The number of sulfonamides is 1. The van der Waals surface area contributed by atoms with E-state index in [9.17, 15) is 8.42 Å². The molecule has 108 valence electrons. The van der Waals surface area contributed by atoms with Crippen LogP contribution in [0.25, 0.3) is 0 Å². The number of aromatic nitrogens is 1. The monoisotopic (exact) mass is 286 g/mol. The molecule has 0 radical (unpaired) electrons. The van der Waals surface area contributed by atoms with Crippen LogP contribution in [-0.2, 0) is 10.0 Å². The fraction of sp³-hybridized carbons (Fsp3) is 0.583. The van der Waals surface area contributed by atoms with Crippen molar-refractivity contribution in [2.24, 2.45) is 0 Å². The molecule has 0 aliphatic carbocycles. The molecule has 0 fully saturated rings. The predicted molar refractivity (Wildman–Crippen MR) is 76.3 cm³/mol. The van der Waals surface area contributed by atoms with Crippen LogP contribution in [-0.4, -0.2) is 56.3 Å². The van der Waals surface area contributed by atoms with Gasteiger partial charge in [0.2, 0.25) is 10.0 Å². The second-order valence-corrected chi connectivity index (χ2v) is 6.51. The zero-order valence-electron chi connectivity index (χ0n) is 11.7. The van der Waals surface area contributed by atoms with Gasteiger partial charge in [-0.25, -0.2) is 13.4 Å². The highest BCUT2D eigenvalue weighted by Crippen LogP contribution is 2.16. The molecule has 0 bridgehead atoms. The summed E-state index contributed by atoms with van der Waals surface area (Å²) in [7, 11) is 0.456. The Morgan fingerprint density at radius 3 is 2.53 bits per heavy atom. The van der Waals surface area contributed by atoms with E-state index in [2.05, 4.69) is 4.98 Å². The Kier molecular flexibility index (Phi) is 5.71. The van der Waals surface area contributed by atoms with E-state index < -0.39 is 10.0 Å². The number of nitrogens with zero attached hydrogens (tertiary/aromatic N) is 3. The second-order valence-electron chi connectivity index (χ2n) is 4.57. The average molecular weight is 286 g/mol. The lowest BCUT2D eigenvalue weighted by atomic mass is 10.4. The molecule has 1 heterocycles. The standard InChI is InChI=1S/C12H22N4O2S/c1-4-16(9-5-8-15(2)3)19(17,18)11-6-7-14-12(13)10-11/h6-7,10H,4-5,8-9H2,1-3H3,(H2,13,14). The van der Waals surface area contributed by atoms with E-state index >= 15 is 0 Å². The summed E-state index contributed by atoms with van der Waals surface area (Å²) in [5, 5.41) is 0. The molecule has 1 aromatic rings. The first-order valence-electron chi connectivity index (χ1n) is 6.24. The molecule has 0 amide bonds. The molecule has 7 heteroatoms. The minimum absolute atomic E-state index is 0.201. The second kappa shape index (κ2) is 6.83. The van der Waals surface area contributed by atoms with Gasteiger partial charge < -0.3 is 10.6 Å². The molecule has 0 atom stereocenters. The lowest BCUT2D eigenvalue weighted by Crippen LogP contribution is -2.33. The molecule has 6 nitrogen and oxygen atoms in total. The van der Waals surface area contributed by atoms with Crippen LogP contribution >= 0.6 is 0 Å². The number of pyridine rings is 1. The van der Waals surface area contributed by atoms with Gasteiger partial charge in [-0.1, -0.05) is 6.92 Å². The highest BCUT2D eigenvalue weighted by atomic mass is 32.2. The lowest BCUT2D eigenvalue weighted by molar-refractivity contribution is 0.356. The van der Waals surface area contributed by atoms with Crippen LogP contribution in [0.5, 0.6) is 0 Å². The first kappa shape index (κ1) is 15.9. The predicted octanol–water partition coefficient (Wildman–Crippen LogP) is 0.626. The fourth-order valence-corrected chi connectivity index (χ4v) is 3.26. The summed E-state index contributed by atoms with van der Waals surface area (Å²) >= 11 is 0. The molecule has 0 saturated carbocycles. The number of nitrogen functional groups attached to an aromatic ring is 1. The first-order valence-corrected chi connectivity index (χ1v) is 7.68. The van der Waals surface area contributed by atoms with Crippen molar-refractivity contribution in [2.45, 2.75) is 18.2 Å². The Balaban J connectivity index is 2.84. The number of hydrogen-bond donors (Lipinski definition) is 1. The van der Waals surface area contributed by atoms with E-state index in [0.717, 1.165) is 13.0 Å². The highest BCUT2D eigenvalue weighted by molar-refractivity contribution is 7.89. The van der Waals surface area contributed by atoms with Gasteiger partial charge in [-0.05, 0) is 33.1 Å². The molecular weight excluding hydrogens is 264 g/mol. The van der Waals surface area contributed by atoms with Crippen molar-refractivity contribution < 1.29 is 8.42 Å². The smallest absolute Gasteiger partial charge is 0.243 e. The van der Waals surface area contributed by atoms with Gasteiger partial charge in [0.05, 0.1) is 4.90 Å².